The van der Waals surface area contributed by atoms with Crippen molar-refractivity contribution in [3.05, 3.63) is 0 Å². The molecule has 22 heavy (non-hydrogen) atoms. The Hall–Kier alpha value is -1.79. The predicted octanol–water partition coefficient (Wildman–Crippen LogP) is 2.72. The minimum Gasteiger partial charge on any atom is -0.463 e. The van der Waals surface area contributed by atoms with Crippen LogP contribution in [-0.4, -0.2) is 46.9 Å². The summed E-state index contributed by atoms with van der Waals surface area (Å²) in [6, 6.07) is -0.797. The highest BCUT2D eigenvalue weighted by Gasteiger charge is 2.60. The maximum atomic E-state index is 12.3. The van der Waals surface area contributed by atoms with E-state index in [0.717, 1.165) is 4.90 Å². The first-order chi connectivity index (χ1) is 9.94. The van der Waals surface area contributed by atoms with Gasteiger partial charge in [0.25, 0.3) is 0 Å². The standard InChI is InChI=1S/C15H25NO6/c1-8-20-11(17)15(7)10(9(2)3)16(13(19)22-15)12(18)21-14(4,5)6/h9-10H,8H2,1-7H3/t10-,15-/m0/s1. The van der Waals surface area contributed by atoms with Gasteiger partial charge in [-0.1, -0.05) is 13.8 Å². The van der Waals surface area contributed by atoms with Gasteiger partial charge in [-0.25, -0.2) is 19.3 Å². The third kappa shape index (κ3) is 3.51. The molecule has 0 unspecified atom stereocenters. The van der Waals surface area contributed by atoms with Crippen LogP contribution in [0, 0.1) is 5.92 Å². The lowest BCUT2D eigenvalue weighted by Gasteiger charge is -2.32. The predicted molar refractivity (Wildman–Crippen MR) is 78.2 cm³/mol. The summed E-state index contributed by atoms with van der Waals surface area (Å²) in [5.74, 6) is -0.888. The number of rotatable bonds is 3. The Morgan fingerprint density at radius 2 is 1.91 bits per heavy atom. The minimum absolute atomic E-state index is 0.156. The summed E-state index contributed by atoms with van der Waals surface area (Å²) >= 11 is 0. The highest BCUT2D eigenvalue weighted by atomic mass is 16.6. The van der Waals surface area contributed by atoms with E-state index in [0.29, 0.717) is 0 Å². The number of nitrogens with zero attached hydrogens (tertiary/aromatic N) is 1. The van der Waals surface area contributed by atoms with E-state index in [-0.39, 0.29) is 12.5 Å². The highest BCUT2D eigenvalue weighted by molar-refractivity contribution is 5.95. The summed E-state index contributed by atoms with van der Waals surface area (Å²) in [5.41, 5.74) is -2.31. The van der Waals surface area contributed by atoms with Crippen molar-refractivity contribution in [3.8, 4) is 0 Å². The van der Waals surface area contributed by atoms with Gasteiger partial charge >= 0.3 is 18.2 Å². The Morgan fingerprint density at radius 1 is 1.36 bits per heavy atom. The Kier molecular flexibility index (Phi) is 5.10. The van der Waals surface area contributed by atoms with Crippen LogP contribution in [0.15, 0.2) is 0 Å². The molecule has 0 radical (unpaired) electrons. The normalized spacial score (nSPS) is 25.2. The first-order valence-electron chi connectivity index (χ1n) is 7.36. The van der Waals surface area contributed by atoms with Crippen molar-refractivity contribution in [1.82, 2.24) is 4.90 Å². The molecule has 1 aliphatic heterocycles. The Balaban J connectivity index is 3.16. The lowest BCUT2D eigenvalue weighted by Crippen LogP contribution is -2.54. The van der Waals surface area contributed by atoms with Gasteiger partial charge in [-0.3, -0.25) is 0 Å². The molecule has 1 fully saturated rings. The lowest BCUT2D eigenvalue weighted by molar-refractivity contribution is -0.163. The smallest absolute Gasteiger partial charge is 0.420 e. The molecule has 1 saturated heterocycles. The van der Waals surface area contributed by atoms with E-state index in [1.165, 1.54) is 6.92 Å². The zero-order valence-electron chi connectivity index (χ0n) is 14.3. The third-order valence-electron chi connectivity index (χ3n) is 3.24. The van der Waals surface area contributed by atoms with E-state index in [9.17, 15) is 14.4 Å². The fourth-order valence-electron chi connectivity index (χ4n) is 2.52. The van der Waals surface area contributed by atoms with Gasteiger partial charge < -0.3 is 14.2 Å². The number of ether oxygens (including phenoxy) is 3. The van der Waals surface area contributed by atoms with Crippen LogP contribution >= 0.6 is 0 Å². The zero-order chi connectivity index (χ0) is 17.3. The van der Waals surface area contributed by atoms with Crippen molar-refractivity contribution in [3.63, 3.8) is 0 Å². The van der Waals surface area contributed by atoms with E-state index in [2.05, 4.69) is 0 Å². The third-order valence-corrected chi connectivity index (χ3v) is 3.24. The molecule has 2 atom stereocenters. The molecule has 0 saturated carbocycles. The molecule has 0 N–H and O–H groups in total. The molecule has 0 aromatic heterocycles. The van der Waals surface area contributed by atoms with E-state index >= 15 is 0 Å². The second-order valence-electron chi connectivity index (χ2n) is 6.73. The fourth-order valence-corrected chi connectivity index (χ4v) is 2.52. The topological polar surface area (TPSA) is 82.1 Å². The number of amides is 2. The largest absolute Gasteiger partial charge is 0.463 e. The monoisotopic (exact) mass is 315 g/mol. The first kappa shape index (κ1) is 18.3. The van der Waals surface area contributed by atoms with Crippen LogP contribution in [-0.2, 0) is 19.0 Å². The molecule has 0 spiro atoms. The average Bonchev–Trinajstić information content (AvgIpc) is 2.60. The number of esters is 1. The number of carbonyl (C=O) groups is 3. The maximum Gasteiger partial charge on any atom is 0.420 e. The SMILES string of the molecule is CCOC(=O)[C@@]1(C)OC(=O)N(C(=O)OC(C)(C)C)[C@H]1C(C)C. The van der Waals surface area contributed by atoms with Gasteiger partial charge in [0, 0.05) is 0 Å². The molecule has 1 rings (SSSR count). The fraction of sp³-hybridized carbons (Fsp3) is 0.800. The summed E-state index contributed by atoms with van der Waals surface area (Å²) in [4.78, 5) is 37.5. The van der Waals surface area contributed by atoms with Gasteiger partial charge in [0.2, 0.25) is 5.60 Å². The minimum atomic E-state index is -1.54. The quantitative estimate of drug-likeness (QED) is 0.588. The number of carbonyl (C=O) groups excluding carboxylic acids is 3. The lowest BCUT2D eigenvalue weighted by atomic mass is 9.87. The molecular weight excluding hydrogens is 290 g/mol. The van der Waals surface area contributed by atoms with Crippen molar-refractivity contribution in [2.24, 2.45) is 5.92 Å². The number of cyclic esters (lactones) is 1. The molecule has 126 valence electrons. The molecule has 1 aliphatic rings. The Labute approximate surface area is 130 Å². The van der Waals surface area contributed by atoms with Crippen molar-refractivity contribution in [1.29, 1.82) is 0 Å². The van der Waals surface area contributed by atoms with Gasteiger partial charge in [0.1, 0.15) is 5.60 Å². The van der Waals surface area contributed by atoms with Gasteiger partial charge in [-0.15, -0.1) is 0 Å². The number of hydrogen-bond acceptors (Lipinski definition) is 6. The molecule has 0 bridgehead atoms. The van der Waals surface area contributed by atoms with Crippen molar-refractivity contribution in [2.45, 2.75) is 65.7 Å². The van der Waals surface area contributed by atoms with Crippen LogP contribution < -0.4 is 0 Å². The van der Waals surface area contributed by atoms with Crippen molar-refractivity contribution >= 4 is 18.2 Å². The van der Waals surface area contributed by atoms with Crippen LogP contribution in [0.1, 0.15) is 48.5 Å². The highest BCUT2D eigenvalue weighted by Crippen LogP contribution is 2.36. The van der Waals surface area contributed by atoms with E-state index in [1.54, 1.807) is 41.5 Å². The molecule has 7 heteroatoms. The van der Waals surface area contributed by atoms with Crippen molar-refractivity contribution < 1.29 is 28.6 Å². The van der Waals surface area contributed by atoms with Crippen LogP contribution in [0.4, 0.5) is 9.59 Å². The second-order valence-corrected chi connectivity index (χ2v) is 6.73. The summed E-state index contributed by atoms with van der Waals surface area (Å²) < 4.78 is 15.4. The van der Waals surface area contributed by atoms with Crippen LogP contribution in [0.5, 0.6) is 0 Å². The van der Waals surface area contributed by atoms with E-state index in [1.807, 2.05) is 0 Å². The van der Waals surface area contributed by atoms with Gasteiger partial charge in [0.15, 0.2) is 0 Å². The molecular formula is C15H25NO6. The molecule has 1 heterocycles. The number of hydrogen-bond donors (Lipinski definition) is 0. The second kappa shape index (κ2) is 6.14. The summed E-state index contributed by atoms with van der Waals surface area (Å²) in [6.45, 7) is 11.9. The zero-order valence-corrected chi connectivity index (χ0v) is 14.3. The molecule has 7 nitrogen and oxygen atoms in total. The first-order valence-corrected chi connectivity index (χ1v) is 7.36. The summed E-state index contributed by atoms with van der Waals surface area (Å²) in [5, 5.41) is 0. The Bertz CT molecular complexity index is 467. The number of imide groups is 1. The summed E-state index contributed by atoms with van der Waals surface area (Å²) in [6.07, 6.45) is -1.73. The maximum absolute atomic E-state index is 12.3. The molecule has 2 amide bonds. The van der Waals surface area contributed by atoms with Gasteiger partial charge in [-0.2, -0.15) is 0 Å². The van der Waals surface area contributed by atoms with Gasteiger partial charge in [0.05, 0.1) is 12.6 Å². The summed E-state index contributed by atoms with van der Waals surface area (Å²) in [7, 11) is 0. The van der Waals surface area contributed by atoms with Gasteiger partial charge in [-0.05, 0) is 40.5 Å². The van der Waals surface area contributed by atoms with E-state index in [4.69, 9.17) is 14.2 Å². The van der Waals surface area contributed by atoms with E-state index < -0.39 is 35.4 Å². The average molecular weight is 315 g/mol. The Morgan fingerprint density at radius 3 is 2.32 bits per heavy atom. The molecule has 0 aromatic rings. The van der Waals surface area contributed by atoms with Crippen LogP contribution in [0.3, 0.4) is 0 Å². The molecule has 0 aliphatic carbocycles. The van der Waals surface area contributed by atoms with Crippen LogP contribution in [0.2, 0.25) is 0 Å². The van der Waals surface area contributed by atoms with Crippen molar-refractivity contribution in [2.75, 3.05) is 6.61 Å². The molecule has 0 aromatic carbocycles. The van der Waals surface area contributed by atoms with Crippen LogP contribution in [0.25, 0.3) is 0 Å².